The van der Waals surface area contributed by atoms with E-state index in [0.717, 1.165) is 5.56 Å². The average molecular weight is 484 g/mol. The van der Waals surface area contributed by atoms with E-state index in [1.54, 1.807) is 50.5 Å². The highest BCUT2D eigenvalue weighted by atomic mass is 35.5. The van der Waals surface area contributed by atoms with E-state index in [9.17, 15) is 18.0 Å². The van der Waals surface area contributed by atoms with Crippen molar-refractivity contribution in [1.82, 2.24) is 9.13 Å². The Morgan fingerprint density at radius 2 is 1.58 bits per heavy atom. The van der Waals surface area contributed by atoms with Gasteiger partial charge >= 0.3 is 5.69 Å². The molecule has 0 bridgehead atoms. The number of aryl methyl sites for hydroxylation is 3. The van der Waals surface area contributed by atoms with Crippen LogP contribution < -0.4 is 11.0 Å². The number of amides is 1. The molecule has 0 fully saturated rings. The highest BCUT2D eigenvalue weighted by molar-refractivity contribution is 7.91. The lowest BCUT2D eigenvalue weighted by molar-refractivity contribution is -0.115. The summed E-state index contributed by atoms with van der Waals surface area (Å²) in [6, 6.07) is 16.4. The van der Waals surface area contributed by atoms with Gasteiger partial charge in [-0.15, -0.1) is 0 Å². The van der Waals surface area contributed by atoms with Crippen LogP contribution in [-0.2, 0) is 35.1 Å². The molecule has 0 spiro atoms. The number of halogens is 1. The van der Waals surface area contributed by atoms with Crippen molar-refractivity contribution in [3.63, 3.8) is 0 Å². The third kappa shape index (κ3) is 4.19. The summed E-state index contributed by atoms with van der Waals surface area (Å²) in [7, 11) is -0.827. The van der Waals surface area contributed by atoms with Gasteiger partial charge in [0.1, 0.15) is 0 Å². The van der Waals surface area contributed by atoms with Crippen molar-refractivity contribution in [1.29, 1.82) is 0 Å². The molecule has 1 amide bonds. The first kappa shape index (κ1) is 22.8. The first-order valence-corrected chi connectivity index (χ1v) is 12.0. The third-order valence-corrected chi connectivity index (χ3v) is 7.76. The zero-order valence-corrected chi connectivity index (χ0v) is 19.9. The molecule has 4 rings (SSSR count). The van der Waals surface area contributed by atoms with E-state index in [1.807, 2.05) is 6.92 Å². The lowest BCUT2D eigenvalue weighted by Crippen LogP contribution is -2.19. The predicted octanol–water partition coefficient (Wildman–Crippen LogP) is 3.85. The first-order valence-electron chi connectivity index (χ1n) is 10.1. The Balaban J connectivity index is 1.85. The van der Waals surface area contributed by atoms with Crippen molar-refractivity contribution >= 4 is 44.1 Å². The number of hydrogen-bond acceptors (Lipinski definition) is 4. The van der Waals surface area contributed by atoms with Crippen LogP contribution in [-0.4, -0.2) is 23.5 Å². The third-order valence-electron chi connectivity index (χ3n) is 5.58. The van der Waals surface area contributed by atoms with Crippen LogP contribution in [0.25, 0.3) is 11.0 Å². The van der Waals surface area contributed by atoms with Gasteiger partial charge in [0.25, 0.3) is 0 Å². The maximum Gasteiger partial charge on any atom is 0.328 e. The van der Waals surface area contributed by atoms with Crippen molar-refractivity contribution in [2.24, 2.45) is 14.1 Å². The van der Waals surface area contributed by atoms with Crippen molar-refractivity contribution < 1.29 is 13.2 Å². The second kappa shape index (κ2) is 8.53. The summed E-state index contributed by atoms with van der Waals surface area (Å²) in [5.74, 6) is -0.427. The topological polar surface area (TPSA) is 90.2 Å². The summed E-state index contributed by atoms with van der Waals surface area (Å²) in [4.78, 5) is 25.3. The molecule has 0 aliphatic rings. The molecule has 170 valence electrons. The zero-order chi connectivity index (χ0) is 23.9. The maximum atomic E-state index is 13.5. The fourth-order valence-electron chi connectivity index (χ4n) is 3.70. The van der Waals surface area contributed by atoms with E-state index >= 15 is 0 Å². The van der Waals surface area contributed by atoms with Crippen LogP contribution in [0.1, 0.15) is 11.1 Å². The van der Waals surface area contributed by atoms with Gasteiger partial charge in [-0.05, 0) is 42.8 Å². The molecule has 1 heterocycles. The lowest BCUT2D eigenvalue weighted by atomic mass is 10.1. The number of imidazole rings is 1. The zero-order valence-electron chi connectivity index (χ0n) is 18.3. The molecule has 7 nitrogen and oxygen atoms in total. The van der Waals surface area contributed by atoms with Gasteiger partial charge in [-0.25, -0.2) is 13.2 Å². The molecule has 0 radical (unpaired) electrons. The highest BCUT2D eigenvalue weighted by Crippen LogP contribution is 2.32. The molecule has 0 atom stereocenters. The number of carbonyl (C=O) groups excluding carboxylic acids is 1. The Hall–Kier alpha value is -3.36. The summed E-state index contributed by atoms with van der Waals surface area (Å²) in [5.41, 5.74) is 2.27. The van der Waals surface area contributed by atoms with Gasteiger partial charge in [-0.3, -0.25) is 13.9 Å². The van der Waals surface area contributed by atoms with E-state index < -0.39 is 15.7 Å². The molecule has 0 saturated heterocycles. The van der Waals surface area contributed by atoms with E-state index in [4.69, 9.17) is 11.6 Å². The smallest absolute Gasteiger partial charge is 0.325 e. The van der Waals surface area contributed by atoms with Crippen molar-refractivity contribution in [2.45, 2.75) is 23.1 Å². The molecular weight excluding hydrogens is 462 g/mol. The highest BCUT2D eigenvalue weighted by Gasteiger charge is 2.25. The van der Waals surface area contributed by atoms with Gasteiger partial charge in [0.05, 0.1) is 32.9 Å². The minimum absolute atomic E-state index is 0.0323. The standard InChI is InChI=1S/C24H22ClN3O4S/c1-15-8-10-17(11-9-15)33(31,32)22-14-21-20(27(2)24(30)28(21)3)13-19(22)26-23(29)12-16-6-4-5-7-18(16)25/h4-11,13-14H,12H2,1-3H3,(H,26,29). The van der Waals surface area contributed by atoms with Gasteiger partial charge in [-0.1, -0.05) is 47.5 Å². The number of rotatable bonds is 5. The molecule has 0 aliphatic heterocycles. The normalized spacial score (nSPS) is 11.6. The van der Waals surface area contributed by atoms with E-state index in [-0.39, 0.29) is 27.6 Å². The number of benzene rings is 3. The number of sulfone groups is 1. The number of hydrogen-bond donors (Lipinski definition) is 1. The fourth-order valence-corrected chi connectivity index (χ4v) is 5.32. The largest absolute Gasteiger partial charge is 0.328 e. The second-order valence-electron chi connectivity index (χ2n) is 7.87. The van der Waals surface area contributed by atoms with Crippen LogP contribution in [0.2, 0.25) is 5.02 Å². The van der Waals surface area contributed by atoms with Gasteiger partial charge in [-0.2, -0.15) is 0 Å². The molecule has 4 aromatic rings. The molecular formula is C24H22ClN3O4S. The molecule has 9 heteroatoms. The average Bonchev–Trinajstić information content (AvgIpc) is 2.98. The van der Waals surface area contributed by atoms with E-state index in [1.165, 1.54) is 33.4 Å². The minimum Gasteiger partial charge on any atom is -0.325 e. The Morgan fingerprint density at radius 3 is 2.21 bits per heavy atom. The molecule has 0 unspecified atom stereocenters. The number of aromatic nitrogens is 2. The number of carbonyl (C=O) groups is 1. The first-order chi connectivity index (χ1) is 15.6. The van der Waals surface area contributed by atoms with Crippen LogP contribution >= 0.6 is 11.6 Å². The molecule has 33 heavy (non-hydrogen) atoms. The van der Waals surface area contributed by atoms with Crippen molar-refractivity contribution in [2.75, 3.05) is 5.32 Å². The summed E-state index contributed by atoms with van der Waals surface area (Å²) < 4.78 is 29.9. The minimum atomic E-state index is -3.99. The van der Waals surface area contributed by atoms with Gasteiger partial charge in [0.15, 0.2) is 0 Å². The monoisotopic (exact) mass is 483 g/mol. The summed E-state index contributed by atoms with van der Waals surface area (Å²) >= 11 is 6.17. The predicted molar refractivity (Wildman–Crippen MR) is 129 cm³/mol. The van der Waals surface area contributed by atoms with Crippen LogP contribution in [0.5, 0.6) is 0 Å². The van der Waals surface area contributed by atoms with Crippen LogP contribution in [0.4, 0.5) is 5.69 Å². The van der Waals surface area contributed by atoms with Crippen LogP contribution in [0.3, 0.4) is 0 Å². The summed E-state index contributed by atoms with van der Waals surface area (Å²) in [5, 5.41) is 3.17. The maximum absolute atomic E-state index is 13.5. The van der Waals surface area contributed by atoms with E-state index in [0.29, 0.717) is 21.6 Å². The Morgan fingerprint density at radius 1 is 0.970 bits per heavy atom. The Kier molecular flexibility index (Phi) is 5.90. The van der Waals surface area contributed by atoms with Crippen LogP contribution in [0, 0.1) is 6.92 Å². The van der Waals surface area contributed by atoms with Gasteiger partial charge < -0.3 is 5.32 Å². The van der Waals surface area contributed by atoms with Crippen molar-refractivity contribution in [3.05, 3.63) is 87.3 Å². The fraction of sp³-hybridized carbons (Fsp3) is 0.167. The molecule has 0 saturated carbocycles. The van der Waals surface area contributed by atoms with Gasteiger partial charge in [0, 0.05) is 19.1 Å². The molecule has 3 aromatic carbocycles. The summed E-state index contributed by atoms with van der Waals surface area (Å²) in [6.45, 7) is 1.86. The Labute approximate surface area is 196 Å². The number of nitrogens with one attached hydrogen (secondary N) is 1. The quantitative estimate of drug-likeness (QED) is 0.467. The number of fused-ring (bicyclic) bond motifs is 1. The number of nitrogens with zero attached hydrogens (tertiary/aromatic N) is 2. The molecule has 0 aliphatic carbocycles. The van der Waals surface area contributed by atoms with Crippen molar-refractivity contribution in [3.8, 4) is 0 Å². The Bertz CT molecular complexity index is 1550. The second-order valence-corrected chi connectivity index (χ2v) is 10.2. The van der Waals surface area contributed by atoms with Crippen LogP contribution in [0.15, 0.2) is 75.2 Å². The SMILES string of the molecule is Cc1ccc(S(=O)(=O)c2cc3c(cc2NC(=O)Cc2ccccc2Cl)n(C)c(=O)n3C)cc1. The summed E-state index contributed by atoms with van der Waals surface area (Å²) in [6.07, 6.45) is -0.0323. The number of anilines is 1. The van der Waals surface area contributed by atoms with Gasteiger partial charge in [0.2, 0.25) is 15.7 Å². The van der Waals surface area contributed by atoms with E-state index in [2.05, 4.69) is 5.32 Å². The molecule has 1 aromatic heterocycles. The molecule has 1 N–H and O–H groups in total. The lowest BCUT2D eigenvalue weighted by Gasteiger charge is -2.14.